The molecule has 1 N–H and O–H groups in total. The van der Waals surface area contributed by atoms with Crippen LogP contribution in [-0.2, 0) is 4.79 Å². The van der Waals surface area contributed by atoms with Crippen LogP contribution in [0.3, 0.4) is 0 Å². The van der Waals surface area contributed by atoms with Gasteiger partial charge in [-0.05, 0) is 47.9 Å². The van der Waals surface area contributed by atoms with E-state index in [-0.39, 0.29) is 11.8 Å². The van der Waals surface area contributed by atoms with Gasteiger partial charge < -0.3 is 5.32 Å². The zero-order valence-electron chi connectivity index (χ0n) is 15.3. The van der Waals surface area contributed by atoms with Crippen molar-refractivity contribution in [1.29, 1.82) is 0 Å². The highest BCUT2D eigenvalue weighted by atomic mass is 35.5. The molecule has 1 aliphatic carbocycles. The molecule has 27 heavy (non-hydrogen) atoms. The lowest BCUT2D eigenvalue weighted by molar-refractivity contribution is -0.117. The largest absolute Gasteiger partial charge is 0.310 e. The van der Waals surface area contributed by atoms with Gasteiger partial charge in [0.05, 0.1) is 0 Å². The van der Waals surface area contributed by atoms with Crippen molar-refractivity contribution in [3.05, 3.63) is 59.5 Å². The first-order valence-electron chi connectivity index (χ1n) is 8.96. The van der Waals surface area contributed by atoms with Crippen molar-refractivity contribution in [2.45, 2.75) is 20.3 Å². The van der Waals surface area contributed by atoms with Crippen molar-refractivity contribution in [1.82, 2.24) is 9.97 Å². The van der Waals surface area contributed by atoms with Gasteiger partial charge in [-0.2, -0.15) is 0 Å². The number of benzene rings is 1. The van der Waals surface area contributed by atoms with Crippen LogP contribution in [0, 0.1) is 18.8 Å². The summed E-state index contributed by atoms with van der Waals surface area (Å²) in [4.78, 5) is 20.8. The van der Waals surface area contributed by atoms with E-state index in [4.69, 9.17) is 11.6 Å². The van der Waals surface area contributed by atoms with Crippen LogP contribution in [0.4, 0.5) is 5.82 Å². The highest BCUT2D eigenvalue weighted by Crippen LogP contribution is 2.38. The second kappa shape index (κ2) is 6.78. The Morgan fingerprint density at radius 2 is 2.04 bits per heavy atom. The second-order valence-electron chi connectivity index (χ2n) is 7.15. The molecule has 0 spiro atoms. The number of carbonyl (C=O) groups is 1. The number of aromatic nitrogens is 2. The molecule has 4 rings (SSSR count). The van der Waals surface area contributed by atoms with E-state index in [0.717, 1.165) is 39.4 Å². The number of hydrogen-bond acceptors (Lipinski definition) is 3. The van der Waals surface area contributed by atoms with Crippen LogP contribution in [0.25, 0.3) is 28.0 Å². The molecule has 2 unspecified atom stereocenters. The summed E-state index contributed by atoms with van der Waals surface area (Å²) < 4.78 is 0. The molecule has 0 saturated heterocycles. The van der Waals surface area contributed by atoms with Crippen molar-refractivity contribution >= 4 is 40.2 Å². The molecule has 0 aliphatic heterocycles. The number of carbonyl (C=O) groups excluding carboxylic acids is 1. The number of rotatable bonds is 4. The second-order valence-corrected chi connectivity index (χ2v) is 7.50. The van der Waals surface area contributed by atoms with Gasteiger partial charge in [-0.1, -0.05) is 43.3 Å². The van der Waals surface area contributed by atoms with Crippen LogP contribution in [0.1, 0.15) is 24.5 Å². The summed E-state index contributed by atoms with van der Waals surface area (Å²) in [7, 11) is 0. The quantitative estimate of drug-likeness (QED) is 0.611. The van der Waals surface area contributed by atoms with Crippen LogP contribution in [-0.4, -0.2) is 15.9 Å². The first-order valence-corrected chi connectivity index (χ1v) is 9.34. The molecule has 4 nitrogen and oxygen atoms in total. The van der Waals surface area contributed by atoms with Crippen LogP contribution >= 0.6 is 11.6 Å². The SMILES string of the molecule is C=Cc1c(Cl)ncc(-c2ccc3cc(NC(=O)C4CC4C)ncc3c2)c1C. The maximum Gasteiger partial charge on any atom is 0.228 e. The minimum Gasteiger partial charge on any atom is -0.310 e. The van der Waals surface area contributed by atoms with E-state index in [2.05, 4.69) is 34.9 Å². The molecule has 2 aromatic heterocycles. The number of anilines is 1. The fourth-order valence-electron chi connectivity index (χ4n) is 3.40. The normalized spacial score (nSPS) is 18.3. The molecule has 2 heterocycles. The third kappa shape index (κ3) is 3.33. The minimum atomic E-state index is 0.0609. The number of nitrogens with zero attached hydrogens (tertiary/aromatic N) is 2. The summed E-state index contributed by atoms with van der Waals surface area (Å²) in [5.41, 5.74) is 3.94. The Balaban J connectivity index is 1.66. The molecule has 5 heteroatoms. The topological polar surface area (TPSA) is 54.9 Å². The van der Waals surface area contributed by atoms with Gasteiger partial charge >= 0.3 is 0 Å². The van der Waals surface area contributed by atoms with Gasteiger partial charge in [-0.15, -0.1) is 0 Å². The third-order valence-electron chi connectivity index (χ3n) is 5.27. The Bertz CT molecular complexity index is 1080. The van der Waals surface area contributed by atoms with Gasteiger partial charge in [0.25, 0.3) is 0 Å². The first-order chi connectivity index (χ1) is 13.0. The Hall–Kier alpha value is -2.72. The van der Waals surface area contributed by atoms with Gasteiger partial charge in [0.15, 0.2) is 0 Å². The average molecular weight is 378 g/mol. The molecule has 0 radical (unpaired) electrons. The summed E-state index contributed by atoms with van der Waals surface area (Å²) >= 11 is 6.15. The van der Waals surface area contributed by atoms with Crippen molar-refractivity contribution in [2.24, 2.45) is 11.8 Å². The lowest BCUT2D eigenvalue weighted by Crippen LogP contribution is -2.15. The number of pyridine rings is 2. The zero-order chi connectivity index (χ0) is 19.1. The van der Waals surface area contributed by atoms with Crippen molar-refractivity contribution in [2.75, 3.05) is 5.32 Å². The van der Waals surface area contributed by atoms with Crippen molar-refractivity contribution in [3.63, 3.8) is 0 Å². The fraction of sp³-hybridized carbons (Fsp3) is 0.227. The molecule has 1 aromatic carbocycles. The third-order valence-corrected chi connectivity index (χ3v) is 5.57. The summed E-state index contributed by atoms with van der Waals surface area (Å²) in [5, 5.41) is 5.40. The molecule has 1 amide bonds. The first kappa shape index (κ1) is 17.7. The highest BCUT2D eigenvalue weighted by Gasteiger charge is 2.39. The molecular weight excluding hydrogens is 358 g/mol. The van der Waals surface area contributed by atoms with Crippen molar-refractivity contribution in [3.8, 4) is 11.1 Å². The van der Waals surface area contributed by atoms with Crippen LogP contribution in [0.2, 0.25) is 5.15 Å². The monoisotopic (exact) mass is 377 g/mol. The minimum absolute atomic E-state index is 0.0609. The average Bonchev–Trinajstić information content (AvgIpc) is 3.39. The number of fused-ring (bicyclic) bond motifs is 1. The molecule has 136 valence electrons. The fourth-order valence-corrected chi connectivity index (χ4v) is 3.67. The summed E-state index contributed by atoms with van der Waals surface area (Å²) in [6.07, 6.45) is 6.26. The Labute approximate surface area is 163 Å². The van der Waals surface area contributed by atoms with Gasteiger partial charge in [-0.25, -0.2) is 9.97 Å². The van der Waals surface area contributed by atoms with Gasteiger partial charge in [-0.3, -0.25) is 4.79 Å². The molecule has 1 aliphatic rings. The van der Waals surface area contributed by atoms with E-state index in [1.165, 1.54) is 0 Å². The van der Waals surface area contributed by atoms with E-state index in [1.54, 1.807) is 18.5 Å². The predicted molar refractivity (Wildman–Crippen MR) is 111 cm³/mol. The standard InChI is InChI=1S/C22H20ClN3O/c1-4-17-13(3)19(11-25-21(17)23)15-6-5-14-9-20(24-10-16(14)8-15)26-22(27)18-7-12(18)2/h4-6,8-12,18H,1,7H2,2-3H3,(H,24,26,27). The van der Waals surface area contributed by atoms with Gasteiger partial charge in [0.1, 0.15) is 11.0 Å². The van der Waals surface area contributed by atoms with Crippen LogP contribution < -0.4 is 5.32 Å². The van der Waals surface area contributed by atoms with Gasteiger partial charge in [0, 0.05) is 34.8 Å². The maximum absolute atomic E-state index is 12.1. The number of hydrogen-bond donors (Lipinski definition) is 1. The van der Waals surface area contributed by atoms with E-state index in [9.17, 15) is 4.79 Å². The molecule has 1 saturated carbocycles. The van der Waals surface area contributed by atoms with E-state index < -0.39 is 0 Å². The Kier molecular flexibility index (Phi) is 4.44. The molecular formula is C22H20ClN3O. The van der Waals surface area contributed by atoms with E-state index >= 15 is 0 Å². The van der Waals surface area contributed by atoms with Crippen LogP contribution in [0.15, 0.2) is 43.2 Å². The lowest BCUT2D eigenvalue weighted by Gasteiger charge is -2.11. The summed E-state index contributed by atoms with van der Waals surface area (Å²) in [6.45, 7) is 7.93. The smallest absolute Gasteiger partial charge is 0.228 e. The summed E-state index contributed by atoms with van der Waals surface area (Å²) in [5.74, 6) is 1.26. The highest BCUT2D eigenvalue weighted by molar-refractivity contribution is 6.31. The predicted octanol–water partition coefficient (Wildman–Crippen LogP) is 5.50. The summed E-state index contributed by atoms with van der Waals surface area (Å²) in [6, 6.07) is 8.05. The van der Waals surface area contributed by atoms with Crippen LogP contribution in [0.5, 0.6) is 0 Å². The number of nitrogens with one attached hydrogen (secondary N) is 1. The molecule has 0 bridgehead atoms. The maximum atomic E-state index is 12.1. The lowest BCUT2D eigenvalue weighted by atomic mass is 9.97. The van der Waals surface area contributed by atoms with E-state index in [1.807, 2.05) is 25.1 Å². The molecule has 3 aromatic rings. The Morgan fingerprint density at radius 1 is 1.26 bits per heavy atom. The van der Waals surface area contributed by atoms with E-state index in [0.29, 0.717) is 16.9 Å². The van der Waals surface area contributed by atoms with Crippen molar-refractivity contribution < 1.29 is 4.79 Å². The number of halogens is 1. The molecule has 1 fully saturated rings. The zero-order valence-corrected chi connectivity index (χ0v) is 16.0. The number of amides is 1. The molecule has 2 atom stereocenters. The Morgan fingerprint density at radius 3 is 2.74 bits per heavy atom. The van der Waals surface area contributed by atoms with Gasteiger partial charge in [0.2, 0.25) is 5.91 Å².